The largest absolute Gasteiger partial charge is 0.388 e. The Labute approximate surface area is 86.0 Å². The molecule has 1 aromatic carbocycles. The third-order valence-electron chi connectivity index (χ3n) is 2.31. The Morgan fingerprint density at radius 1 is 1.50 bits per heavy atom. The SMILES string of the molecule is [2H]C(O)(c1ccccc1)C(C)C(=O)CC. The van der Waals surface area contributed by atoms with Gasteiger partial charge in [0.25, 0.3) is 0 Å². The molecule has 0 fully saturated rings. The number of carbonyl (C=O) groups is 1. The van der Waals surface area contributed by atoms with Gasteiger partial charge in [-0.1, -0.05) is 44.2 Å². The maximum absolute atomic E-state index is 11.5. The van der Waals surface area contributed by atoms with Crippen LogP contribution in [0.1, 0.15) is 33.3 Å². The monoisotopic (exact) mass is 193 g/mol. The molecule has 2 nitrogen and oxygen atoms in total. The van der Waals surface area contributed by atoms with Gasteiger partial charge in [-0.2, -0.15) is 0 Å². The minimum Gasteiger partial charge on any atom is -0.388 e. The zero-order valence-electron chi connectivity index (χ0n) is 9.53. The lowest BCUT2D eigenvalue weighted by molar-refractivity contribution is -0.125. The Balaban J connectivity index is 2.97. The summed E-state index contributed by atoms with van der Waals surface area (Å²) in [6.45, 7) is 3.33. The third-order valence-corrected chi connectivity index (χ3v) is 2.31. The predicted molar refractivity (Wildman–Crippen MR) is 55.9 cm³/mol. The Morgan fingerprint density at radius 2 is 2.07 bits per heavy atom. The van der Waals surface area contributed by atoms with Gasteiger partial charge in [0.15, 0.2) is 0 Å². The lowest BCUT2D eigenvalue weighted by atomic mass is 9.93. The highest BCUT2D eigenvalue weighted by Gasteiger charge is 2.21. The van der Waals surface area contributed by atoms with Crippen molar-refractivity contribution in [2.24, 2.45) is 5.92 Å². The smallest absolute Gasteiger partial charge is 0.138 e. The summed E-state index contributed by atoms with van der Waals surface area (Å²) in [5.74, 6) is -0.804. The molecule has 76 valence electrons. The van der Waals surface area contributed by atoms with Crippen LogP contribution < -0.4 is 0 Å². The van der Waals surface area contributed by atoms with Gasteiger partial charge in [0.2, 0.25) is 0 Å². The first kappa shape index (κ1) is 9.41. The fourth-order valence-electron chi connectivity index (χ4n) is 1.32. The molecular formula is C12H16O2. The molecule has 1 N–H and O–H groups in total. The number of rotatable bonds is 4. The van der Waals surface area contributed by atoms with Crippen LogP contribution in [0.3, 0.4) is 0 Å². The molecule has 0 aliphatic heterocycles. The number of carbonyl (C=O) groups excluding carboxylic acids is 1. The van der Waals surface area contributed by atoms with E-state index >= 15 is 0 Å². The second kappa shape index (κ2) is 4.91. The van der Waals surface area contributed by atoms with E-state index in [-0.39, 0.29) is 5.78 Å². The first-order valence-electron chi connectivity index (χ1n) is 5.30. The maximum Gasteiger partial charge on any atom is 0.138 e. The minimum atomic E-state index is -1.83. The molecule has 0 aliphatic rings. The van der Waals surface area contributed by atoms with Gasteiger partial charge in [-0.25, -0.2) is 0 Å². The van der Waals surface area contributed by atoms with Crippen molar-refractivity contribution in [3.63, 3.8) is 0 Å². The standard InChI is InChI=1S/C12H16O2/c1-3-11(13)9(2)12(14)10-7-5-4-6-8-10/h4-9,12,14H,3H2,1-2H3/i12D. The Morgan fingerprint density at radius 3 is 2.57 bits per heavy atom. The highest BCUT2D eigenvalue weighted by Crippen LogP contribution is 2.22. The summed E-state index contributed by atoms with van der Waals surface area (Å²) >= 11 is 0. The topological polar surface area (TPSA) is 37.3 Å². The van der Waals surface area contributed by atoms with E-state index in [2.05, 4.69) is 0 Å². The van der Waals surface area contributed by atoms with Crippen LogP contribution in [-0.2, 0) is 4.79 Å². The van der Waals surface area contributed by atoms with E-state index in [9.17, 15) is 9.90 Å². The zero-order chi connectivity index (χ0) is 11.5. The Hall–Kier alpha value is -1.15. The van der Waals surface area contributed by atoms with E-state index in [0.29, 0.717) is 12.0 Å². The number of Topliss-reactive ketones (excluding diaryl/α,β-unsaturated/α-hetero) is 1. The summed E-state index contributed by atoms with van der Waals surface area (Å²) in [5, 5.41) is 10.0. The summed E-state index contributed by atoms with van der Waals surface area (Å²) < 4.78 is 7.84. The molecule has 2 unspecified atom stereocenters. The van der Waals surface area contributed by atoms with Crippen molar-refractivity contribution in [3.8, 4) is 0 Å². The number of hydrogen-bond donors (Lipinski definition) is 1. The van der Waals surface area contributed by atoms with Crippen molar-refractivity contribution in [1.82, 2.24) is 0 Å². The van der Waals surface area contributed by atoms with Gasteiger partial charge < -0.3 is 5.11 Å². The molecule has 0 radical (unpaired) electrons. The normalized spacial score (nSPS) is 18.1. The second-order valence-electron chi connectivity index (χ2n) is 3.29. The van der Waals surface area contributed by atoms with Crippen LogP contribution in [0.4, 0.5) is 0 Å². The summed E-state index contributed by atoms with van der Waals surface area (Å²) in [6, 6.07) is 8.63. The van der Waals surface area contributed by atoms with Crippen molar-refractivity contribution in [3.05, 3.63) is 35.9 Å². The fourth-order valence-corrected chi connectivity index (χ4v) is 1.32. The van der Waals surface area contributed by atoms with Crippen LogP contribution in [0.25, 0.3) is 0 Å². The van der Waals surface area contributed by atoms with Crippen molar-refractivity contribution in [2.75, 3.05) is 0 Å². The van der Waals surface area contributed by atoms with E-state index in [4.69, 9.17) is 1.37 Å². The first-order chi connectivity index (χ1) is 7.00. The first-order valence-corrected chi connectivity index (χ1v) is 4.80. The van der Waals surface area contributed by atoms with E-state index in [0.717, 1.165) is 0 Å². The molecule has 0 aromatic heterocycles. The summed E-state index contributed by atoms with van der Waals surface area (Å²) in [7, 11) is 0. The van der Waals surface area contributed by atoms with Crippen molar-refractivity contribution < 1.29 is 11.3 Å². The summed E-state index contributed by atoms with van der Waals surface area (Å²) in [5.41, 5.74) is 0.458. The van der Waals surface area contributed by atoms with E-state index in [1.807, 2.05) is 6.07 Å². The third kappa shape index (κ3) is 2.42. The highest BCUT2D eigenvalue weighted by atomic mass is 16.3. The van der Waals surface area contributed by atoms with Crippen LogP contribution in [0.5, 0.6) is 0 Å². The highest BCUT2D eigenvalue weighted by molar-refractivity contribution is 5.81. The quantitative estimate of drug-likeness (QED) is 0.796. The fraction of sp³-hybridized carbons (Fsp3) is 0.417. The van der Waals surface area contributed by atoms with Crippen LogP contribution in [0.2, 0.25) is 0 Å². The van der Waals surface area contributed by atoms with Crippen molar-refractivity contribution in [1.29, 1.82) is 0 Å². The van der Waals surface area contributed by atoms with Crippen LogP contribution >= 0.6 is 0 Å². The van der Waals surface area contributed by atoms with Gasteiger partial charge >= 0.3 is 0 Å². The van der Waals surface area contributed by atoms with Crippen LogP contribution in [-0.4, -0.2) is 10.9 Å². The Bertz CT molecular complexity index is 333. The molecule has 2 heteroatoms. The number of benzene rings is 1. The van der Waals surface area contributed by atoms with E-state index in [1.165, 1.54) is 0 Å². The van der Waals surface area contributed by atoms with Gasteiger partial charge in [0.05, 0.1) is 7.45 Å². The predicted octanol–water partition coefficient (Wildman–Crippen LogP) is 2.34. The molecule has 0 bridgehead atoms. The zero-order valence-corrected chi connectivity index (χ0v) is 8.53. The molecule has 0 aliphatic carbocycles. The molecule has 1 aromatic rings. The lowest BCUT2D eigenvalue weighted by Gasteiger charge is -2.17. The molecule has 0 spiro atoms. The van der Waals surface area contributed by atoms with Crippen molar-refractivity contribution in [2.45, 2.75) is 26.3 Å². The van der Waals surface area contributed by atoms with Gasteiger partial charge in [-0.3, -0.25) is 4.79 Å². The number of ketones is 1. The van der Waals surface area contributed by atoms with Gasteiger partial charge in [0, 0.05) is 12.3 Å². The number of aliphatic hydroxyl groups is 1. The molecule has 1 rings (SSSR count). The van der Waals surface area contributed by atoms with Gasteiger partial charge in [-0.15, -0.1) is 0 Å². The second-order valence-corrected chi connectivity index (χ2v) is 3.29. The van der Waals surface area contributed by atoms with Gasteiger partial charge in [0.1, 0.15) is 5.78 Å². The Kier molecular flexibility index (Phi) is 3.30. The number of hydrogen-bond acceptors (Lipinski definition) is 2. The molecule has 0 amide bonds. The molecule has 2 atom stereocenters. The molecule has 0 heterocycles. The summed E-state index contributed by atoms with van der Waals surface area (Å²) in [4.78, 5) is 11.5. The minimum absolute atomic E-state index is 0.101. The van der Waals surface area contributed by atoms with Crippen LogP contribution in [0, 0.1) is 5.92 Å². The molecule has 0 saturated carbocycles. The molecule has 14 heavy (non-hydrogen) atoms. The average Bonchev–Trinajstić information content (AvgIpc) is 2.28. The van der Waals surface area contributed by atoms with E-state index < -0.39 is 12.0 Å². The van der Waals surface area contributed by atoms with Gasteiger partial charge in [-0.05, 0) is 5.56 Å². The maximum atomic E-state index is 11.5. The molecular weight excluding hydrogens is 176 g/mol. The van der Waals surface area contributed by atoms with Crippen LogP contribution in [0.15, 0.2) is 30.3 Å². The van der Waals surface area contributed by atoms with E-state index in [1.54, 1.807) is 38.1 Å². The molecule has 0 saturated heterocycles. The average molecular weight is 193 g/mol. The lowest BCUT2D eigenvalue weighted by Crippen LogP contribution is -2.18. The van der Waals surface area contributed by atoms with Crippen molar-refractivity contribution >= 4 is 5.78 Å². The summed E-state index contributed by atoms with van der Waals surface area (Å²) in [6.07, 6.45) is -1.48.